The van der Waals surface area contributed by atoms with E-state index in [0.29, 0.717) is 11.3 Å². The molecule has 2 rings (SSSR count). The molecule has 0 aliphatic heterocycles. The summed E-state index contributed by atoms with van der Waals surface area (Å²) in [5.41, 5.74) is 0.112. The Bertz CT molecular complexity index is 609. The normalized spacial score (nSPS) is 11.3. The van der Waals surface area contributed by atoms with Gasteiger partial charge in [-0.25, -0.2) is 14.4 Å². The van der Waals surface area contributed by atoms with E-state index in [9.17, 15) is 9.18 Å². The van der Waals surface area contributed by atoms with Crippen LogP contribution in [0.2, 0.25) is 0 Å². The Morgan fingerprint density at radius 1 is 1.21 bits per heavy atom. The Morgan fingerprint density at radius 3 is 2.42 bits per heavy atom. The van der Waals surface area contributed by atoms with Gasteiger partial charge in [0.2, 0.25) is 0 Å². The molecule has 2 aromatic rings. The second-order valence-electron chi connectivity index (χ2n) is 4.70. The Morgan fingerprint density at radius 2 is 1.84 bits per heavy atom. The van der Waals surface area contributed by atoms with E-state index in [2.05, 4.69) is 9.97 Å². The molecule has 0 bridgehead atoms. The van der Waals surface area contributed by atoms with Crippen LogP contribution in [0.25, 0.3) is 11.3 Å². The van der Waals surface area contributed by atoms with E-state index >= 15 is 0 Å². The van der Waals surface area contributed by atoms with Gasteiger partial charge >= 0.3 is 5.97 Å². The predicted molar refractivity (Wildman–Crippen MR) is 68.1 cm³/mol. The summed E-state index contributed by atoms with van der Waals surface area (Å²) in [5.74, 6) is -1.10. The number of benzene rings is 1. The van der Waals surface area contributed by atoms with Crippen LogP contribution in [-0.4, -0.2) is 21.0 Å². The Labute approximate surface area is 110 Å². The summed E-state index contributed by atoms with van der Waals surface area (Å²) in [6.07, 6.45) is 1.51. The zero-order chi connectivity index (χ0) is 14.0. The molecule has 0 radical (unpaired) electrons. The van der Waals surface area contributed by atoms with Gasteiger partial charge in [-0.05, 0) is 44.2 Å². The minimum atomic E-state index is -1.17. The van der Waals surface area contributed by atoms with Gasteiger partial charge in [-0.2, -0.15) is 0 Å². The molecule has 0 spiro atoms. The van der Waals surface area contributed by atoms with Crippen molar-refractivity contribution in [3.8, 4) is 11.3 Å². The predicted octanol–water partition coefficient (Wildman–Crippen LogP) is 2.64. The van der Waals surface area contributed by atoms with Crippen LogP contribution in [0.3, 0.4) is 0 Å². The van der Waals surface area contributed by atoms with Crippen molar-refractivity contribution >= 4 is 5.97 Å². The standard InChI is InChI=1S/C14H13FN2O2/c1-14(2,13(18)19)12-16-8-7-11(17-12)9-3-5-10(15)6-4-9/h3-8H,1-2H3,(H,18,19). The highest BCUT2D eigenvalue weighted by Crippen LogP contribution is 2.23. The van der Waals surface area contributed by atoms with Crippen LogP contribution in [0.5, 0.6) is 0 Å². The number of carboxylic acid groups (broad SMARTS) is 1. The molecule has 1 heterocycles. The first-order valence-electron chi connectivity index (χ1n) is 5.74. The van der Waals surface area contributed by atoms with Crippen molar-refractivity contribution in [2.45, 2.75) is 19.3 Å². The molecule has 98 valence electrons. The fraction of sp³-hybridized carbons (Fsp3) is 0.214. The van der Waals surface area contributed by atoms with Crippen molar-refractivity contribution in [1.29, 1.82) is 0 Å². The summed E-state index contributed by atoms with van der Waals surface area (Å²) in [6, 6.07) is 7.51. The van der Waals surface area contributed by atoms with Crippen LogP contribution in [0.15, 0.2) is 36.5 Å². The fourth-order valence-corrected chi connectivity index (χ4v) is 1.54. The largest absolute Gasteiger partial charge is 0.481 e. The molecule has 0 fully saturated rings. The molecule has 0 aliphatic rings. The number of nitrogens with zero attached hydrogens (tertiary/aromatic N) is 2. The number of rotatable bonds is 3. The molecule has 5 heteroatoms. The zero-order valence-corrected chi connectivity index (χ0v) is 10.6. The lowest BCUT2D eigenvalue weighted by atomic mass is 9.92. The second kappa shape index (κ2) is 4.76. The second-order valence-corrected chi connectivity index (χ2v) is 4.70. The summed E-state index contributed by atoms with van der Waals surface area (Å²) in [5, 5.41) is 9.16. The fourth-order valence-electron chi connectivity index (χ4n) is 1.54. The lowest BCUT2D eigenvalue weighted by Crippen LogP contribution is -2.30. The van der Waals surface area contributed by atoms with Crippen molar-refractivity contribution in [3.05, 3.63) is 48.2 Å². The first-order chi connectivity index (χ1) is 8.91. The van der Waals surface area contributed by atoms with Crippen LogP contribution in [0.1, 0.15) is 19.7 Å². The number of carbonyl (C=O) groups is 1. The summed E-state index contributed by atoms with van der Waals surface area (Å²) >= 11 is 0. The van der Waals surface area contributed by atoms with Gasteiger partial charge in [-0.3, -0.25) is 4.79 Å². The Hall–Kier alpha value is -2.30. The minimum absolute atomic E-state index is 0.224. The molecule has 0 saturated carbocycles. The summed E-state index contributed by atoms with van der Waals surface area (Å²) < 4.78 is 12.9. The molecule has 0 amide bonds. The quantitative estimate of drug-likeness (QED) is 0.921. The van der Waals surface area contributed by atoms with Gasteiger partial charge in [0.1, 0.15) is 17.1 Å². The first kappa shape index (κ1) is 13.1. The van der Waals surface area contributed by atoms with Gasteiger partial charge in [0.05, 0.1) is 5.69 Å². The van der Waals surface area contributed by atoms with E-state index in [0.717, 1.165) is 0 Å². The van der Waals surface area contributed by atoms with E-state index in [1.807, 2.05) is 0 Å². The van der Waals surface area contributed by atoms with E-state index in [-0.39, 0.29) is 11.6 Å². The highest BCUT2D eigenvalue weighted by Gasteiger charge is 2.32. The molecule has 4 nitrogen and oxygen atoms in total. The first-order valence-corrected chi connectivity index (χ1v) is 5.74. The number of hydrogen-bond acceptors (Lipinski definition) is 3. The highest BCUT2D eigenvalue weighted by molar-refractivity contribution is 5.79. The molecule has 0 aliphatic carbocycles. The summed E-state index contributed by atoms with van der Waals surface area (Å²) in [6.45, 7) is 3.08. The summed E-state index contributed by atoms with van der Waals surface area (Å²) in [7, 11) is 0. The van der Waals surface area contributed by atoms with Crippen LogP contribution in [-0.2, 0) is 10.2 Å². The molecule has 0 unspecified atom stereocenters. The maximum absolute atomic E-state index is 12.9. The smallest absolute Gasteiger partial charge is 0.316 e. The van der Waals surface area contributed by atoms with E-state index in [4.69, 9.17) is 5.11 Å². The maximum atomic E-state index is 12.9. The van der Waals surface area contributed by atoms with Gasteiger partial charge in [0, 0.05) is 11.8 Å². The molecule has 19 heavy (non-hydrogen) atoms. The van der Waals surface area contributed by atoms with Crippen molar-refractivity contribution in [3.63, 3.8) is 0 Å². The summed E-state index contributed by atoms with van der Waals surface area (Å²) in [4.78, 5) is 19.4. The minimum Gasteiger partial charge on any atom is -0.481 e. The van der Waals surface area contributed by atoms with Crippen LogP contribution >= 0.6 is 0 Å². The Balaban J connectivity index is 2.45. The van der Waals surface area contributed by atoms with Crippen LogP contribution < -0.4 is 0 Å². The third-order valence-corrected chi connectivity index (χ3v) is 2.89. The number of halogens is 1. The monoisotopic (exact) mass is 260 g/mol. The van der Waals surface area contributed by atoms with Gasteiger partial charge in [-0.1, -0.05) is 0 Å². The molecule has 1 N–H and O–H groups in total. The molecular formula is C14H13FN2O2. The van der Waals surface area contributed by atoms with Gasteiger partial charge < -0.3 is 5.11 Å². The van der Waals surface area contributed by atoms with Crippen molar-refractivity contribution in [2.75, 3.05) is 0 Å². The Kier molecular flexibility index (Phi) is 3.29. The lowest BCUT2D eigenvalue weighted by molar-refractivity contribution is -0.142. The highest BCUT2D eigenvalue weighted by atomic mass is 19.1. The number of aliphatic carboxylic acids is 1. The third kappa shape index (κ3) is 2.59. The van der Waals surface area contributed by atoms with Gasteiger partial charge in [-0.15, -0.1) is 0 Å². The zero-order valence-electron chi connectivity index (χ0n) is 10.6. The molecule has 1 aromatic heterocycles. The van der Waals surface area contributed by atoms with Crippen LogP contribution in [0.4, 0.5) is 4.39 Å². The third-order valence-electron chi connectivity index (χ3n) is 2.89. The maximum Gasteiger partial charge on any atom is 0.316 e. The lowest BCUT2D eigenvalue weighted by Gasteiger charge is -2.17. The van der Waals surface area contributed by atoms with Crippen LogP contribution in [0, 0.1) is 5.82 Å². The molecule has 1 aromatic carbocycles. The van der Waals surface area contributed by atoms with E-state index < -0.39 is 11.4 Å². The number of aromatic nitrogens is 2. The molecular weight excluding hydrogens is 247 g/mol. The number of carboxylic acids is 1. The van der Waals surface area contributed by atoms with Gasteiger partial charge in [0.15, 0.2) is 0 Å². The SMILES string of the molecule is CC(C)(C(=O)O)c1nccc(-c2ccc(F)cc2)n1. The topological polar surface area (TPSA) is 63.1 Å². The van der Waals surface area contributed by atoms with E-state index in [1.165, 1.54) is 18.3 Å². The van der Waals surface area contributed by atoms with Crippen molar-refractivity contribution in [1.82, 2.24) is 9.97 Å². The van der Waals surface area contributed by atoms with E-state index in [1.54, 1.807) is 32.0 Å². The van der Waals surface area contributed by atoms with Gasteiger partial charge in [0.25, 0.3) is 0 Å². The molecule has 0 saturated heterocycles. The molecule has 0 atom stereocenters. The average molecular weight is 260 g/mol. The van der Waals surface area contributed by atoms with Crippen molar-refractivity contribution < 1.29 is 14.3 Å². The average Bonchev–Trinajstić information content (AvgIpc) is 2.39. The number of hydrogen-bond donors (Lipinski definition) is 1. The van der Waals surface area contributed by atoms with Crippen molar-refractivity contribution in [2.24, 2.45) is 0 Å².